The SMILES string of the molecule is CN(c1cc([N+](=O)[O-])cc(Cl)n1)C1CCCCC1O. The Hall–Kier alpha value is -1.40. The number of nitro groups is 1. The first-order chi connectivity index (χ1) is 8.99. The largest absolute Gasteiger partial charge is 0.391 e. The number of nitrogens with zero attached hydrogens (tertiary/aromatic N) is 3. The number of hydrogen-bond acceptors (Lipinski definition) is 5. The summed E-state index contributed by atoms with van der Waals surface area (Å²) in [4.78, 5) is 16.2. The maximum Gasteiger partial charge on any atom is 0.276 e. The van der Waals surface area contributed by atoms with Crippen LogP contribution < -0.4 is 4.90 Å². The van der Waals surface area contributed by atoms with Gasteiger partial charge in [0.05, 0.1) is 29.2 Å². The summed E-state index contributed by atoms with van der Waals surface area (Å²) in [5.74, 6) is 0.421. The molecule has 1 aromatic rings. The van der Waals surface area contributed by atoms with Crippen LogP contribution in [0, 0.1) is 10.1 Å². The first-order valence-corrected chi connectivity index (χ1v) is 6.59. The van der Waals surface area contributed by atoms with Gasteiger partial charge in [0.25, 0.3) is 5.69 Å². The van der Waals surface area contributed by atoms with E-state index in [-0.39, 0.29) is 16.9 Å². The second-order valence-electron chi connectivity index (χ2n) is 4.79. The van der Waals surface area contributed by atoms with Gasteiger partial charge in [0.2, 0.25) is 0 Å². The van der Waals surface area contributed by atoms with Crippen molar-refractivity contribution in [3.63, 3.8) is 0 Å². The van der Waals surface area contributed by atoms with Crippen LogP contribution in [0.25, 0.3) is 0 Å². The number of aromatic nitrogens is 1. The van der Waals surface area contributed by atoms with Crippen molar-refractivity contribution >= 4 is 23.1 Å². The number of halogens is 1. The Morgan fingerprint density at radius 3 is 2.79 bits per heavy atom. The van der Waals surface area contributed by atoms with Crippen molar-refractivity contribution in [3.8, 4) is 0 Å². The van der Waals surface area contributed by atoms with E-state index in [4.69, 9.17) is 11.6 Å². The van der Waals surface area contributed by atoms with Gasteiger partial charge in [-0.15, -0.1) is 0 Å². The Balaban J connectivity index is 2.27. The van der Waals surface area contributed by atoms with E-state index in [1.807, 2.05) is 0 Å². The van der Waals surface area contributed by atoms with E-state index in [0.29, 0.717) is 5.82 Å². The van der Waals surface area contributed by atoms with Crippen LogP contribution >= 0.6 is 11.6 Å². The zero-order chi connectivity index (χ0) is 14.0. The molecule has 1 aliphatic carbocycles. The van der Waals surface area contributed by atoms with Crippen molar-refractivity contribution in [2.24, 2.45) is 0 Å². The molecule has 1 fully saturated rings. The number of rotatable bonds is 3. The van der Waals surface area contributed by atoms with E-state index in [1.165, 1.54) is 12.1 Å². The first-order valence-electron chi connectivity index (χ1n) is 6.22. The number of anilines is 1. The lowest BCUT2D eigenvalue weighted by Gasteiger charge is -2.35. The van der Waals surface area contributed by atoms with Crippen LogP contribution in [0.1, 0.15) is 25.7 Å². The molecule has 0 radical (unpaired) electrons. The number of likely N-dealkylation sites (N-methyl/N-ethyl adjacent to an activating group) is 1. The van der Waals surface area contributed by atoms with Gasteiger partial charge in [-0.25, -0.2) is 4.98 Å². The van der Waals surface area contributed by atoms with Gasteiger partial charge < -0.3 is 10.0 Å². The second kappa shape index (κ2) is 5.71. The Bertz CT molecular complexity index is 483. The third-order valence-corrected chi connectivity index (χ3v) is 3.72. The minimum absolute atomic E-state index is 0.0701. The minimum Gasteiger partial charge on any atom is -0.391 e. The first kappa shape index (κ1) is 14.0. The summed E-state index contributed by atoms with van der Waals surface area (Å²) in [7, 11) is 1.78. The molecule has 1 aliphatic rings. The number of pyridine rings is 1. The highest BCUT2D eigenvalue weighted by Crippen LogP contribution is 2.28. The molecule has 2 rings (SSSR count). The van der Waals surface area contributed by atoms with Crippen molar-refractivity contribution in [1.29, 1.82) is 0 Å². The maximum absolute atomic E-state index is 10.8. The van der Waals surface area contributed by atoms with Gasteiger partial charge in [0, 0.05) is 7.05 Å². The summed E-state index contributed by atoms with van der Waals surface area (Å²) >= 11 is 5.81. The number of aliphatic hydroxyl groups excluding tert-OH is 1. The predicted molar refractivity (Wildman–Crippen MR) is 72.6 cm³/mol. The number of hydrogen-bond donors (Lipinski definition) is 1. The third-order valence-electron chi connectivity index (χ3n) is 3.53. The summed E-state index contributed by atoms with van der Waals surface area (Å²) in [6.45, 7) is 0. The summed E-state index contributed by atoms with van der Waals surface area (Å²) in [6, 6.07) is 2.53. The van der Waals surface area contributed by atoms with Crippen LogP contribution in [-0.2, 0) is 0 Å². The van der Waals surface area contributed by atoms with Crippen LogP contribution in [0.3, 0.4) is 0 Å². The van der Waals surface area contributed by atoms with Gasteiger partial charge in [-0.3, -0.25) is 10.1 Å². The van der Waals surface area contributed by atoms with E-state index < -0.39 is 11.0 Å². The van der Waals surface area contributed by atoms with E-state index in [2.05, 4.69) is 4.98 Å². The van der Waals surface area contributed by atoms with Gasteiger partial charge >= 0.3 is 0 Å². The zero-order valence-electron chi connectivity index (χ0n) is 10.6. The molecule has 2 unspecified atom stereocenters. The molecule has 104 valence electrons. The highest BCUT2D eigenvalue weighted by Gasteiger charge is 2.28. The molecule has 1 aromatic heterocycles. The van der Waals surface area contributed by atoms with Gasteiger partial charge in [-0.1, -0.05) is 24.4 Å². The molecule has 0 bridgehead atoms. The Morgan fingerprint density at radius 2 is 2.16 bits per heavy atom. The van der Waals surface area contributed by atoms with Crippen molar-refractivity contribution in [2.75, 3.05) is 11.9 Å². The molecular weight excluding hydrogens is 270 g/mol. The zero-order valence-corrected chi connectivity index (χ0v) is 11.4. The van der Waals surface area contributed by atoms with Crippen molar-refractivity contribution in [2.45, 2.75) is 37.8 Å². The standard InChI is InChI=1S/C12H16ClN3O3/c1-15(9-4-2-3-5-10(9)17)12-7-8(16(18)19)6-11(13)14-12/h6-7,9-10,17H,2-5H2,1H3. The summed E-state index contributed by atoms with van der Waals surface area (Å²) in [5, 5.41) is 20.9. The van der Waals surface area contributed by atoms with Gasteiger partial charge in [0.1, 0.15) is 11.0 Å². The molecule has 7 heteroatoms. The molecular formula is C12H16ClN3O3. The fraction of sp³-hybridized carbons (Fsp3) is 0.583. The number of aliphatic hydroxyl groups is 1. The molecule has 0 aliphatic heterocycles. The molecule has 0 saturated heterocycles. The van der Waals surface area contributed by atoms with Gasteiger partial charge in [-0.2, -0.15) is 0 Å². The molecule has 1 saturated carbocycles. The van der Waals surface area contributed by atoms with Crippen molar-refractivity contribution in [1.82, 2.24) is 4.98 Å². The Morgan fingerprint density at radius 1 is 1.47 bits per heavy atom. The molecule has 0 amide bonds. The smallest absolute Gasteiger partial charge is 0.276 e. The molecule has 1 N–H and O–H groups in total. The van der Waals surface area contributed by atoms with E-state index in [0.717, 1.165) is 25.7 Å². The minimum atomic E-state index is -0.498. The van der Waals surface area contributed by atoms with E-state index in [1.54, 1.807) is 11.9 Å². The van der Waals surface area contributed by atoms with Gasteiger partial charge in [-0.05, 0) is 12.8 Å². The highest BCUT2D eigenvalue weighted by molar-refractivity contribution is 6.29. The summed E-state index contributed by atoms with van der Waals surface area (Å²) in [6.07, 6.45) is 3.21. The van der Waals surface area contributed by atoms with Crippen LogP contribution in [0.15, 0.2) is 12.1 Å². The molecule has 0 spiro atoms. The van der Waals surface area contributed by atoms with E-state index in [9.17, 15) is 15.2 Å². The monoisotopic (exact) mass is 285 g/mol. The Labute approximate surface area is 116 Å². The lowest BCUT2D eigenvalue weighted by molar-refractivity contribution is -0.384. The average molecular weight is 286 g/mol. The summed E-state index contributed by atoms with van der Waals surface area (Å²) < 4.78 is 0. The predicted octanol–water partition coefficient (Wildman–Crippen LogP) is 2.38. The van der Waals surface area contributed by atoms with Crippen molar-refractivity contribution in [3.05, 3.63) is 27.4 Å². The Kier molecular flexibility index (Phi) is 4.21. The highest BCUT2D eigenvalue weighted by atomic mass is 35.5. The lowest BCUT2D eigenvalue weighted by atomic mass is 9.91. The van der Waals surface area contributed by atoms with Crippen LogP contribution in [0.4, 0.5) is 11.5 Å². The molecule has 0 aromatic carbocycles. The lowest BCUT2D eigenvalue weighted by Crippen LogP contribution is -2.43. The molecule has 6 nitrogen and oxygen atoms in total. The van der Waals surface area contributed by atoms with Crippen LogP contribution in [-0.4, -0.2) is 34.2 Å². The molecule has 1 heterocycles. The van der Waals surface area contributed by atoms with Gasteiger partial charge in [0.15, 0.2) is 0 Å². The summed E-state index contributed by atoms with van der Waals surface area (Å²) in [5.41, 5.74) is -0.0906. The molecule has 2 atom stereocenters. The fourth-order valence-electron chi connectivity index (χ4n) is 2.47. The molecule has 19 heavy (non-hydrogen) atoms. The van der Waals surface area contributed by atoms with E-state index >= 15 is 0 Å². The second-order valence-corrected chi connectivity index (χ2v) is 5.18. The topological polar surface area (TPSA) is 79.5 Å². The quantitative estimate of drug-likeness (QED) is 0.524. The fourth-order valence-corrected chi connectivity index (χ4v) is 2.67. The van der Waals surface area contributed by atoms with Crippen molar-refractivity contribution < 1.29 is 10.0 Å². The third kappa shape index (κ3) is 3.13. The normalized spacial score (nSPS) is 23.1. The average Bonchev–Trinajstić information content (AvgIpc) is 2.37. The van der Waals surface area contributed by atoms with Crippen LogP contribution in [0.2, 0.25) is 5.15 Å². The maximum atomic E-state index is 10.8. The van der Waals surface area contributed by atoms with Crippen LogP contribution in [0.5, 0.6) is 0 Å².